The number of nitrogens with zero attached hydrogens (tertiary/aromatic N) is 2. The molecule has 11 heteroatoms. The van der Waals surface area contributed by atoms with E-state index in [1.54, 1.807) is 44.8 Å². The van der Waals surface area contributed by atoms with Gasteiger partial charge in [0.05, 0.1) is 20.8 Å². The molecule has 2 unspecified atom stereocenters. The summed E-state index contributed by atoms with van der Waals surface area (Å²) in [6.45, 7) is 14.8. The molecule has 0 fully saturated rings. The average Bonchev–Trinajstić information content (AvgIpc) is 4.05. The van der Waals surface area contributed by atoms with Crippen LogP contribution in [0.4, 0.5) is 0 Å². The summed E-state index contributed by atoms with van der Waals surface area (Å²) in [5, 5.41) is 9.30. The molecule has 0 spiro atoms. The molecular formula is C47H49AlBN3O4S2. The van der Waals surface area contributed by atoms with Gasteiger partial charge < -0.3 is 28.1 Å². The Labute approximate surface area is 359 Å². The normalized spacial score (nSPS) is 13.3. The number of ether oxygens (including phenoxy) is 4. The van der Waals surface area contributed by atoms with Gasteiger partial charge in [-0.15, -0.1) is 22.7 Å². The Morgan fingerprint density at radius 1 is 0.672 bits per heavy atom. The average molecular weight is 822 g/mol. The zero-order chi connectivity index (χ0) is 39.0. The van der Waals surface area contributed by atoms with E-state index in [-0.39, 0.29) is 15.8 Å². The van der Waals surface area contributed by atoms with Crippen LogP contribution in [-0.4, -0.2) is 60.1 Å². The van der Waals surface area contributed by atoms with Gasteiger partial charge in [0.1, 0.15) is 26.4 Å². The molecule has 4 radical (unpaired) electrons. The van der Waals surface area contributed by atoms with Gasteiger partial charge in [-0.3, -0.25) is 0 Å². The number of thiophene rings is 2. The number of nitrogens with one attached hydrogen (secondary N) is 1. The zero-order valence-corrected chi connectivity index (χ0v) is 35.1. The van der Waals surface area contributed by atoms with E-state index in [1.807, 2.05) is 11.6 Å². The van der Waals surface area contributed by atoms with Crippen LogP contribution in [0.1, 0.15) is 55.8 Å². The van der Waals surface area contributed by atoms with E-state index in [2.05, 4.69) is 139 Å². The van der Waals surface area contributed by atoms with Crippen LogP contribution in [0.25, 0.3) is 55.9 Å². The van der Waals surface area contributed by atoms with E-state index in [9.17, 15) is 0 Å². The van der Waals surface area contributed by atoms with Gasteiger partial charge in [0.25, 0.3) is 0 Å². The standard InChI is InChI=1S/C24H25NO2S.C14H11N.C8H8O2S.CH4.Al.B.HN/c1-3-17(24-23-22(15-28-24)26-12-13-27-23)14-16(2)25-20-10-6-4-8-18(20)19-9-5-7-11-21(19)25;1-2-15-13-9-5-3-7-11(13)12-8-4-6-10-14(12)15;1-2-7-8-6(5-11-7)9-3-4-10-8;;;;/h4-11,15-17H,3,12-14H2,1-2H3;2-10H,1H2;2,5H,1,3-4H2;1H4;;;1H. The maximum atomic E-state index is 5.97. The quantitative estimate of drug-likeness (QED) is 0.163. The fourth-order valence-electron chi connectivity index (χ4n) is 7.74. The van der Waals surface area contributed by atoms with Crippen LogP contribution in [0, 0.1) is 4.35 Å². The van der Waals surface area contributed by atoms with Crippen molar-refractivity contribution in [1.82, 2.24) is 9.13 Å². The molecule has 4 aromatic carbocycles. The van der Waals surface area contributed by atoms with E-state index in [0.29, 0.717) is 38.4 Å². The van der Waals surface area contributed by atoms with Crippen molar-refractivity contribution in [3.8, 4) is 23.0 Å². The fourth-order valence-corrected chi connectivity index (χ4v) is 9.64. The summed E-state index contributed by atoms with van der Waals surface area (Å²) in [6.07, 6.45) is 5.83. The first-order valence-electron chi connectivity index (χ1n) is 18.8. The topological polar surface area (TPSA) is 70.6 Å². The van der Waals surface area contributed by atoms with Crippen molar-refractivity contribution < 1.29 is 18.9 Å². The third-order valence-electron chi connectivity index (χ3n) is 10.2. The van der Waals surface area contributed by atoms with Crippen LogP contribution < -0.4 is 18.9 Å². The minimum atomic E-state index is 0. The summed E-state index contributed by atoms with van der Waals surface area (Å²) in [4.78, 5) is 2.39. The number of rotatable bonds is 7. The molecule has 0 saturated heterocycles. The van der Waals surface area contributed by atoms with Crippen molar-refractivity contribution in [2.75, 3.05) is 26.4 Å². The Kier molecular flexibility index (Phi) is 15.6. The van der Waals surface area contributed by atoms with Gasteiger partial charge in [-0.25, -0.2) is 0 Å². The maximum absolute atomic E-state index is 5.97. The van der Waals surface area contributed by atoms with Gasteiger partial charge >= 0.3 is 20.4 Å². The van der Waals surface area contributed by atoms with Gasteiger partial charge in [-0.05, 0) is 56.0 Å². The molecule has 0 saturated carbocycles. The number of hydrogen-bond acceptors (Lipinski definition) is 7. The van der Waals surface area contributed by atoms with Crippen LogP contribution >= 0.6 is 22.7 Å². The molecule has 4 aromatic heterocycles. The van der Waals surface area contributed by atoms with Gasteiger partial charge in [0.2, 0.25) is 0 Å². The Bertz CT molecular complexity index is 2500. The van der Waals surface area contributed by atoms with Crippen molar-refractivity contribution in [3.63, 3.8) is 0 Å². The Morgan fingerprint density at radius 3 is 1.60 bits per heavy atom. The molecule has 2 aliphatic heterocycles. The van der Waals surface area contributed by atoms with Crippen molar-refractivity contribution in [2.24, 2.45) is 0 Å². The molecule has 58 heavy (non-hydrogen) atoms. The summed E-state index contributed by atoms with van der Waals surface area (Å²) >= 11 is 5.05. The number of benzene rings is 4. The second kappa shape index (κ2) is 20.6. The fraction of sp³-hybridized carbons (Fsp3) is 0.234. The van der Waals surface area contributed by atoms with Crippen molar-refractivity contribution in [2.45, 2.75) is 46.1 Å². The third-order valence-corrected chi connectivity index (χ3v) is 12.2. The predicted molar refractivity (Wildman–Crippen MR) is 249 cm³/mol. The summed E-state index contributed by atoms with van der Waals surface area (Å²) in [7, 11) is 0. The summed E-state index contributed by atoms with van der Waals surface area (Å²) in [5.41, 5.74) is 5.07. The third kappa shape index (κ3) is 8.69. The first-order valence-corrected chi connectivity index (χ1v) is 21.2. The van der Waals surface area contributed by atoms with E-state index in [4.69, 9.17) is 23.3 Å². The molecule has 0 bridgehead atoms. The van der Waals surface area contributed by atoms with Crippen molar-refractivity contribution >= 4 is 103 Å². The molecule has 294 valence electrons. The monoisotopic (exact) mass is 821 g/mol. The first-order chi connectivity index (χ1) is 27.6. The SMILES string of the molecule is C.C=Cc1scc2c1OCCO2.C=Cn1c2ccccc2c2ccccc21.CCC(CC(C)n1c2ccccc2c2ccccc21)c1scc2c1OCCO2.[B].[NH]=[Al]. The summed E-state index contributed by atoms with van der Waals surface area (Å²) in [5.74, 6) is 4.09. The van der Waals surface area contributed by atoms with Gasteiger partial charge in [-0.1, -0.05) is 100 Å². The molecule has 1 N–H and O–H groups in total. The first kappa shape index (κ1) is 44.1. The molecule has 2 aliphatic rings. The van der Waals surface area contributed by atoms with Crippen LogP contribution in [0.3, 0.4) is 0 Å². The van der Waals surface area contributed by atoms with Gasteiger partial charge in [0.15, 0.2) is 23.0 Å². The Hall–Kier alpha value is -5.04. The zero-order valence-electron chi connectivity index (χ0n) is 32.4. The Balaban J connectivity index is 0.000000179. The van der Waals surface area contributed by atoms with E-state index >= 15 is 0 Å². The van der Waals surface area contributed by atoms with E-state index in [0.717, 1.165) is 40.7 Å². The number of aromatic nitrogens is 2. The predicted octanol–water partition coefficient (Wildman–Crippen LogP) is 13.0. The van der Waals surface area contributed by atoms with E-state index in [1.165, 1.54) is 48.5 Å². The molecular weight excluding hydrogens is 772 g/mol. The molecule has 7 nitrogen and oxygen atoms in total. The van der Waals surface area contributed by atoms with Crippen molar-refractivity contribution in [3.05, 3.63) is 131 Å². The van der Waals surface area contributed by atoms with Gasteiger partial charge in [0, 0.05) is 64.0 Å². The Morgan fingerprint density at radius 2 is 1.10 bits per heavy atom. The van der Waals surface area contributed by atoms with Crippen LogP contribution in [-0.2, 0) is 0 Å². The number of fused-ring (bicyclic) bond motifs is 8. The number of hydrogen-bond donors (Lipinski definition) is 1. The molecule has 10 rings (SSSR count). The second-order valence-corrected chi connectivity index (χ2v) is 15.2. The van der Waals surface area contributed by atoms with E-state index < -0.39 is 0 Å². The molecule has 6 heterocycles. The van der Waals surface area contributed by atoms with Crippen LogP contribution in [0.5, 0.6) is 23.0 Å². The minimum absolute atomic E-state index is 0. The van der Waals surface area contributed by atoms with Crippen LogP contribution in [0.2, 0.25) is 0 Å². The summed E-state index contributed by atoms with van der Waals surface area (Å²) in [6, 6.07) is 34.7. The van der Waals surface area contributed by atoms with Crippen molar-refractivity contribution in [1.29, 1.82) is 4.35 Å². The molecule has 0 aliphatic carbocycles. The van der Waals surface area contributed by atoms with Crippen LogP contribution in [0.15, 0.2) is 121 Å². The summed E-state index contributed by atoms with van der Waals surface area (Å²) < 4.78 is 32.8. The van der Waals surface area contributed by atoms with Gasteiger partial charge in [-0.2, -0.15) is 0 Å². The molecule has 0 amide bonds. The molecule has 2 atom stereocenters. The molecule has 8 aromatic rings. The number of para-hydroxylation sites is 4. The second-order valence-electron chi connectivity index (χ2n) is 13.4.